The quantitative estimate of drug-likeness (QED) is 0.614. The summed E-state index contributed by atoms with van der Waals surface area (Å²) in [6.45, 7) is 16.4. The Morgan fingerprint density at radius 1 is 1.08 bits per heavy atom. The molecular formula is C19H42N4O2. The van der Waals surface area contributed by atoms with Crippen LogP contribution in [0.3, 0.4) is 0 Å². The van der Waals surface area contributed by atoms with E-state index in [0.717, 1.165) is 6.54 Å². The molecule has 25 heavy (non-hydrogen) atoms. The highest BCUT2D eigenvalue weighted by Gasteiger charge is 2.36. The third-order valence-corrected chi connectivity index (χ3v) is 4.13. The standard InChI is InChI=1S/C12H24N2O.C5H12N2O.C2H6/c1-11(2)6-5-7-12(3,8-11)9-14-10(15)13-4;1-4(2)3-7-5(6)8;1-2/h5-9H2,1-4H3,(H2,13,14,15);4H,3H2,1-2H3,(H3,6,7,8);1-2H3. The van der Waals surface area contributed by atoms with Gasteiger partial charge in [-0.3, -0.25) is 0 Å². The van der Waals surface area contributed by atoms with E-state index in [2.05, 4.69) is 36.7 Å². The Morgan fingerprint density at radius 2 is 1.64 bits per heavy atom. The Kier molecular flexibility index (Phi) is 13.2. The van der Waals surface area contributed by atoms with Crippen LogP contribution in [-0.4, -0.2) is 32.2 Å². The smallest absolute Gasteiger partial charge is 0.314 e. The summed E-state index contributed by atoms with van der Waals surface area (Å²) in [6, 6.07) is -0.515. The molecule has 0 bridgehead atoms. The molecule has 5 N–H and O–H groups in total. The Morgan fingerprint density at radius 3 is 2.00 bits per heavy atom. The summed E-state index contributed by atoms with van der Waals surface area (Å²) in [5, 5.41) is 8.01. The van der Waals surface area contributed by atoms with Crippen LogP contribution < -0.4 is 21.7 Å². The van der Waals surface area contributed by atoms with E-state index in [1.54, 1.807) is 7.05 Å². The summed E-state index contributed by atoms with van der Waals surface area (Å²) >= 11 is 0. The van der Waals surface area contributed by atoms with Crippen molar-refractivity contribution in [1.29, 1.82) is 0 Å². The third kappa shape index (κ3) is 14.6. The number of carbonyl (C=O) groups is 2. The minimum Gasteiger partial charge on any atom is -0.352 e. The first kappa shape index (κ1) is 25.8. The fourth-order valence-electron chi connectivity index (χ4n) is 3.16. The number of hydrogen-bond donors (Lipinski definition) is 4. The molecule has 0 radical (unpaired) electrons. The van der Waals surface area contributed by atoms with Crippen molar-refractivity contribution in [2.45, 2.75) is 74.1 Å². The fraction of sp³-hybridized carbons (Fsp3) is 0.895. The van der Waals surface area contributed by atoms with Crippen LogP contribution in [0.15, 0.2) is 0 Å². The van der Waals surface area contributed by atoms with E-state index >= 15 is 0 Å². The summed E-state index contributed by atoms with van der Waals surface area (Å²) in [5.41, 5.74) is 5.49. The van der Waals surface area contributed by atoms with Crippen LogP contribution >= 0.6 is 0 Å². The van der Waals surface area contributed by atoms with E-state index in [0.29, 0.717) is 17.9 Å². The van der Waals surface area contributed by atoms with Gasteiger partial charge in [0.15, 0.2) is 0 Å². The van der Waals surface area contributed by atoms with Crippen LogP contribution in [0.5, 0.6) is 0 Å². The number of amides is 4. The van der Waals surface area contributed by atoms with Crippen molar-refractivity contribution in [3.05, 3.63) is 0 Å². The highest BCUT2D eigenvalue weighted by molar-refractivity contribution is 5.73. The van der Waals surface area contributed by atoms with Crippen LogP contribution in [0.2, 0.25) is 0 Å². The molecular weight excluding hydrogens is 316 g/mol. The number of urea groups is 2. The Balaban J connectivity index is 0. The average Bonchev–Trinajstić information content (AvgIpc) is 2.52. The molecule has 0 heterocycles. The second kappa shape index (κ2) is 12.8. The van der Waals surface area contributed by atoms with Crippen molar-refractivity contribution in [3.63, 3.8) is 0 Å². The van der Waals surface area contributed by atoms with E-state index in [1.165, 1.54) is 25.7 Å². The molecule has 1 aliphatic rings. The first-order valence-corrected chi connectivity index (χ1v) is 9.48. The molecule has 0 spiro atoms. The lowest BCUT2D eigenvalue weighted by Gasteiger charge is -2.42. The molecule has 4 amide bonds. The molecule has 1 saturated carbocycles. The molecule has 0 aromatic heterocycles. The van der Waals surface area contributed by atoms with E-state index in [1.807, 2.05) is 27.7 Å². The predicted octanol–water partition coefficient (Wildman–Crippen LogP) is 3.86. The summed E-state index contributed by atoms with van der Waals surface area (Å²) in [4.78, 5) is 21.2. The second-order valence-corrected chi connectivity index (χ2v) is 8.08. The van der Waals surface area contributed by atoms with E-state index < -0.39 is 6.03 Å². The van der Waals surface area contributed by atoms with Crippen LogP contribution in [0.25, 0.3) is 0 Å². The summed E-state index contributed by atoms with van der Waals surface area (Å²) in [6.07, 6.45) is 5.01. The van der Waals surface area contributed by atoms with Gasteiger partial charge in [0, 0.05) is 20.1 Å². The van der Waals surface area contributed by atoms with Gasteiger partial charge in [0.1, 0.15) is 0 Å². The Hall–Kier alpha value is -1.46. The van der Waals surface area contributed by atoms with E-state index in [-0.39, 0.29) is 11.4 Å². The van der Waals surface area contributed by atoms with E-state index in [9.17, 15) is 9.59 Å². The number of rotatable bonds is 4. The van der Waals surface area contributed by atoms with E-state index in [4.69, 9.17) is 5.73 Å². The highest BCUT2D eigenvalue weighted by Crippen LogP contribution is 2.45. The van der Waals surface area contributed by atoms with Crippen molar-refractivity contribution < 1.29 is 9.59 Å². The van der Waals surface area contributed by atoms with Crippen LogP contribution in [0, 0.1) is 16.7 Å². The lowest BCUT2D eigenvalue weighted by molar-refractivity contribution is 0.0998. The fourth-order valence-corrected chi connectivity index (χ4v) is 3.16. The van der Waals surface area contributed by atoms with Crippen LogP contribution in [0.4, 0.5) is 9.59 Å². The van der Waals surface area contributed by atoms with Crippen LogP contribution in [-0.2, 0) is 0 Å². The number of carbonyl (C=O) groups excluding carboxylic acids is 2. The molecule has 6 heteroatoms. The second-order valence-electron chi connectivity index (χ2n) is 8.08. The molecule has 1 fully saturated rings. The van der Waals surface area contributed by atoms with Gasteiger partial charge in [-0.15, -0.1) is 0 Å². The van der Waals surface area contributed by atoms with Gasteiger partial charge in [-0.25, -0.2) is 9.59 Å². The van der Waals surface area contributed by atoms with Crippen molar-refractivity contribution in [1.82, 2.24) is 16.0 Å². The van der Waals surface area contributed by atoms with Gasteiger partial charge in [-0.05, 0) is 36.0 Å². The SMILES string of the molecule is CC.CC(C)CNC(N)=O.CNC(=O)NCC1(C)CCCC(C)(C)C1. The number of nitrogens with two attached hydrogens (primary N) is 1. The largest absolute Gasteiger partial charge is 0.352 e. The van der Waals surface area contributed by atoms with Gasteiger partial charge in [0.05, 0.1) is 0 Å². The Labute approximate surface area is 155 Å². The average molecular weight is 359 g/mol. The highest BCUT2D eigenvalue weighted by atomic mass is 16.2. The molecule has 0 aromatic rings. The van der Waals surface area contributed by atoms with Gasteiger partial charge in [-0.1, -0.05) is 54.9 Å². The third-order valence-electron chi connectivity index (χ3n) is 4.13. The minimum absolute atomic E-state index is 0.0698. The zero-order valence-corrected chi connectivity index (χ0v) is 17.7. The van der Waals surface area contributed by atoms with Crippen molar-refractivity contribution in [2.24, 2.45) is 22.5 Å². The maximum Gasteiger partial charge on any atom is 0.314 e. The number of nitrogens with one attached hydrogen (secondary N) is 3. The van der Waals surface area contributed by atoms with Gasteiger partial charge < -0.3 is 21.7 Å². The molecule has 1 atom stereocenters. The van der Waals surface area contributed by atoms with Crippen molar-refractivity contribution in [3.8, 4) is 0 Å². The molecule has 6 nitrogen and oxygen atoms in total. The monoisotopic (exact) mass is 358 g/mol. The molecule has 150 valence electrons. The molecule has 0 saturated heterocycles. The van der Waals surface area contributed by atoms with Crippen molar-refractivity contribution in [2.75, 3.05) is 20.1 Å². The van der Waals surface area contributed by atoms with Crippen molar-refractivity contribution >= 4 is 12.1 Å². The van der Waals surface area contributed by atoms with Crippen LogP contribution in [0.1, 0.15) is 74.1 Å². The summed E-state index contributed by atoms with van der Waals surface area (Å²) in [5.74, 6) is 0.475. The van der Waals surface area contributed by atoms with Gasteiger partial charge in [0.2, 0.25) is 0 Å². The summed E-state index contributed by atoms with van der Waals surface area (Å²) in [7, 11) is 1.66. The molecule has 1 aliphatic carbocycles. The molecule has 0 aliphatic heterocycles. The zero-order valence-electron chi connectivity index (χ0n) is 17.7. The first-order valence-electron chi connectivity index (χ1n) is 9.48. The number of hydrogen-bond acceptors (Lipinski definition) is 2. The predicted molar refractivity (Wildman–Crippen MR) is 107 cm³/mol. The number of primary amides is 1. The lowest BCUT2D eigenvalue weighted by atomic mass is 9.64. The molecule has 0 aromatic carbocycles. The maximum absolute atomic E-state index is 11.1. The lowest BCUT2D eigenvalue weighted by Crippen LogP contribution is -2.43. The molecule has 1 rings (SSSR count). The Bertz CT molecular complexity index is 384. The summed E-state index contributed by atoms with van der Waals surface area (Å²) < 4.78 is 0. The zero-order chi connectivity index (χ0) is 20.1. The topological polar surface area (TPSA) is 96.2 Å². The minimum atomic E-state index is -0.446. The van der Waals surface area contributed by atoms with Gasteiger partial charge in [0.25, 0.3) is 0 Å². The van der Waals surface area contributed by atoms with Gasteiger partial charge >= 0.3 is 12.1 Å². The molecule has 1 unspecified atom stereocenters. The normalized spacial score (nSPS) is 21.0. The maximum atomic E-state index is 11.1. The van der Waals surface area contributed by atoms with Gasteiger partial charge in [-0.2, -0.15) is 0 Å². The first-order chi connectivity index (χ1) is 11.5.